The molecule has 1 aliphatic heterocycles. The maximum Gasteiger partial charge on any atom is 0.253 e. The van der Waals surface area contributed by atoms with Gasteiger partial charge < -0.3 is 9.80 Å². The molecule has 1 heterocycles. The summed E-state index contributed by atoms with van der Waals surface area (Å²) in [6, 6.07) is 7.88. The number of hydrogen-bond donors (Lipinski definition) is 0. The van der Waals surface area contributed by atoms with Crippen molar-refractivity contribution >= 4 is 23.6 Å². The molecule has 0 radical (unpaired) electrons. The zero-order valence-electron chi connectivity index (χ0n) is 15.8. The summed E-state index contributed by atoms with van der Waals surface area (Å²) < 4.78 is 0. The highest BCUT2D eigenvalue weighted by atomic mass is 32.2. The molecule has 25 heavy (non-hydrogen) atoms. The van der Waals surface area contributed by atoms with E-state index in [0.717, 1.165) is 18.5 Å². The molecule has 4 nitrogen and oxygen atoms in total. The van der Waals surface area contributed by atoms with Gasteiger partial charge in [-0.05, 0) is 36.6 Å². The Kier molecular flexibility index (Phi) is 7.36. The van der Waals surface area contributed by atoms with Crippen molar-refractivity contribution in [2.24, 2.45) is 5.92 Å². The standard InChI is InChI=1S/C20H30N2O2S/c1-15(2)14-19(23)21-10-5-11-22(13-12-21)20(24)17-6-8-18(9-7-17)25-16(3)4/h6-9,15-16H,5,10-14H2,1-4H3. The second-order valence-electron chi connectivity index (χ2n) is 7.32. The summed E-state index contributed by atoms with van der Waals surface area (Å²) in [5, 5.41) is 0.529. The fourth-order valence-electron chi connectivity index (χ4n) is 2.98. The van der Waals surface area contributed by atoms with E-state index in [1.807, 2.05) is 34.1 Å². The Balaban J connectivity index is 1.95. The largest absolute Gasteiger partial charge is 0.341 e. The topological polar surface area (TPSA) is 40.6 Å². The number of hydrogen-bond acceptors (Lipinski definition) is 3. The van der Waals surface area contributed by atoms with Crippen molar-refractivity contribution < 1.29 is 9.59 Å². The molecule has 0 aliphatic carbocycles. The molecule has 1 aliphatic rings. The Morgan fingerprint density at radius 1 is 0.960 bits per heavy atom. The first-order chi connectivity index (χ1) is 11.9. The zero-order valence-corrected chi connectivity index (χ0v) is 16.6. The lowest BCUT2D eigenvalue weighted by atomic mass is 10.1. The normalized spacial score (nSPS) is 15.6. The minimum Gasteiger partial charge on any atom is -0.341 e. The summed E-state index contributed by atoms with van der Waals surface area (Å²) in [6.07, 6.45) is 1.43. The minimum absolute atomic E-state index is 0.0688. The van der Waals surface area contributed by atoms with Gasteiger partial charge >= 0.3 is 0 Å². The van der Waals surface area contributed by atoms with Gasteiger partial charge in [0, 0.05) is 48.3 Å². The first-order valence-electron chi connectivity index (χ1n) is 9.20. The highest BCUT2D eigenvalue weighted by molar-refractivity contribution is 7.99. The van der Waals surface area contributed by atoms with Crippen LogP contribution in [0.5, 0.6) is 0 Å². The van der Waals surface area contributed by atoms with Crippen LogP contribution in [0.4, 0.5) is 0 Å². The van der Waals surface area contributed by atoms with E-state index in [0.29, 0.717) is 37.2 Å². The van der Waals surface area contributed by atoms with Crippen LogP contribution in [0.25, 0.3) is 0 Å². The highest BCUT2D eigenvalue weighted by Gasteiger charge is 2.23. The smallest absolute Gasteiger partial charge is 0.253 e. The molecule has 0 N–H and O–H groups in total. The van der Waals surface area contributed by atoms with Gasteiger partial charge in [0.25, 0.3) is 5.91 Å². The predicted molar refractivity (Wildman–Crippen MR) is 104 cm³/mol. The molecule has 0 saturated carbocycles. The zero-order chi connectivity index (χ0) is 18.4. The van der Waals surface area contributed by atoms with Crippen LogP contribution in [0.3, 0.4) is 0 Å². The Morgan fingerprint density at radius 2 is 1.56 bits per heavy atom. The number of nitrogens with zero attached hydrogens (tertiary/aromatic N) is 2. The molecule has 1 aromatic rings. The van der Waals surface area contributed by atoms with Crippen LogP contribution in [-0.2, 0) is 4.79 Å². The van der Waals surface area contributed by atoms with Crippen molar-refractivity contribution in [1.29, 1.82) is 0 Å². The average molecular weight is 363 g/mol. The minimum atomic E-state index is 0.0688. The molecule has 2 rings (SSSR count). The second kappa shape index (κ2) is 9.27. The lowest BCUT2D eigenvalue weighted by Gasteiger charge is -2.23. The molecule has 0 aromatic heterocycles. The summed E-state index contributed by atoms with van der Waals surface area (Å²) in [6.45, 7) is 11.2. The molecule has 0 unspecified atom stereocenters. The van der Waals surface area contributed by atoms with Crippen molar-refractivity contribution in [2.75, 3.05) is 26.2 Å². The number of carbonyl (C=O) groups excluding carboxylic acids is 2. The van der Waals surface area contributed by atoms with Crippen molar-refractivity contribution in [1.82, 2.24) is 9.80 Å². The fourth-order valence-corrected chi connectivity index (χ4v) is 3.82. The third-order valence-electron chi connectivity index (χ3n) is 4.19. The van der Waals surface area contributed by atoms with Crippen molar-refractivity contribution in [3.63, 3.8) is 0 Å². The highest BCUT2D eigenvalue weighted by Crippen LogP contribution is 2.23. The van der Waals surface area contributed by atoms with Gasteiger partial charge in [-0.25, -0.2) is 0 Å². The van der Waals surface area contributed by atoms with Crippen molar-refractivity contribution in [3.8, 4) is 0 Å². The molecule has 0 spiro atoms. The van der Waals surface area contributed by atoms with E-state index in [9.17, 15) is 9.59 Å². The van der Waals surface area contributed by atoms with Crippen LogP contribution in [0.1, 0.15) is 50.9 Å². The molecule has 138 valence electrons. The molecule has 5 heteroatoms. The summed E-state index contributed by atoms with van der Waals surface area (Å²) in [5.41, 5.74) is 0.732. The number of amides is 2. The van der Waals surface area contributed by atoms with Crippen LogP contribution in [0.15, 0.2) is 29.2 Å². The molecule has 2 amide bonds. The quantitative estimate of drug-likeness (QED) is 0.746. The summed E-state index contributed by atoms with van der Waals surface area (Å²) in [4.78, 5) is 30.0. The van der Waals surface area contributed by atoms with Crippen molar-refractivity contribution in [3.05, 3.63) is 29.8 Å². The van der Waals surface area contributed by atoms with Gasteiger partial charge in [0.2, 0.25) is 5.91 Å². The van der Waals surface area contributed by atoms with E-state index in [1.165, 1.54) is 4.90 Å². The Hall–Kier alpha value is -1.49. The SMILES string of the molecule is CC(C)CC(=O)N1CCCN(C(=O)c2ccc(SC(C)C)cc2)CC1. The van der Waals surface area contributed by atoms with Gasteiger partial charge in [-0.2, -0.15) is 0 Å². The van der Waals surface area contributed by atoms with E-state index in [2.05, 4.69) is 27.7 Å². The molecule has 1 fully saturated rings. The Bertz CT molecular complexity index is 584. The van der Waals surface area contributed by atoms with Crippen LogP contribution in [-0.4, -0.2) is 53.0 Å². The van der Waals surface area contributed by atoms with Gasteiger partial charge in [-0.1, -0.05) is 27.7 Å². The van der Waals surface area contributed by atoms with Crippen LogP contribution in [0.2, 0.25) is 0 Å². The first kappa shape index (κ1) is 19.8. The van der Waals surface area contributed by atoms with E-state index >= 15 is 0 Å². The first-order valence-corrected chi connectivity index (χ1v) is 10.1. The molecular formula is C20H30N2O2S. The van der Waals surface area contributed by atoms with Gasteiger partial charge in [0.05, 0.1) is 0 Å². The van der Waals surface area contributed by atoms with Crippen LogP contribution >= 0.6 is 11.8 Å². The van der Waals surface area contributed by atoms with Gasteiger partial charge in [0.15, 0.2) is 0 Å². The van der Waals surface area contributed by atoms with Crippen LogP contribution < -0.4 is 0 Å². The monoisotopic (exact) mass is 362 g/mol. The number of rotatable bonds is 5. The maximum atomic E-state index is 12.8. The Labute approximate surface area is 156 Å². The van der Waals surface area contributed by atoms with Gasteiger partial charge in [-0.15, -0.1) is 11.8 Å². The van der Waals surface area contributed by atoms with E-state index in [1.54, 1.807) is 11.8 Å². The molecule has 0 bridgehead atoms. The number of carbonyl (C=O) groups is 2. The lowest BCUT2D eigenvalue weighted by Crippen LogP contribution is -2.37. The fraction of sp³-hybridized carbons (Fsp3) is 0.600. The maximum absolute atomic E-state index is 12.8. The van der Waals surface area contributed by atoms with E-state index < -0.39 is 0 Å². The summed E-state index contributed by atoms with van der Waals surface area (Å²) in [5.74, 6) is 0.648. The van der Waals surface area contributed by atoms with Crippen molar-refractivity contribution in [2.45, 2.75) is 50.7 Å². The summed E-state index contributed by atoms with van der Waals surface area (Å²) in [7, 11) is 0. The molecular weight excluding hydrogens is 332 g/mol. The average Bonchev–Trinajstić information content (AvgIpc) is 2.80. The van der Waals surface area contributed by atoms with Crippen LogP contribution in [0, 0.1) is 5.92 Å². The predicted octanol–water partition coefficient (Wildman–Crippen LogP) is 3.91. The third kappa shape index (κ3) is 6.07. The van der Waals surface area contributed by atoms with Gasteiger partial charge in [0.1, 0.15) is 0 Å². The number of thioether (sulfide) groups is 1. The molecule has 1 aromatic carbocycles. The molecule has 1 saturated heterocycles. The second-order valence-corrected chi connectivity index (χ2v) is 8.97. The van der Waals surface area contributed by atoms with E-state index in [4.69, 9.17) is 0 Å². The Morgan fingerprint density at radius 3 is 2.16 bits per heavy atom. The van der Waals surface area contributed by atoms with E-state index in [-0.39, 0.29) is 11.8 Å². The van der Waals surface area contributed by atoms with Gasteiger partial charge in [-0.3, -0.25) is 9.59 Å². The third-order valence-corrected chi connectivity index (χ3v) is 5.21. The summed E-state index contributed by atoms with van der Waals surface area (Å²) >= 11 is 1.80. The number of benzene rings is 1. The lowest BCUT2D eigenvalue weighted by molar-refractivity contribution is -0.131. The molecule has 0 atom stereocenters.